The van der Waals surface area contributed by atoms with Gasteiger partial charge in [0.1, 0.15) is 0 Å². The fourth-order valence-corrected chi connectivity index (χ4v) is 2.70. The van der Waals surface area contributed by atoms with E-state index in [2.05, 4.69) is 5.32 Å². The van der Waals surface area contributed by atoms with Gasteiger partial charge in [0.05, 0.1) is 16.3 Å². The average molecular weight is 361 g/mol. The zero-order chi connectivity index (χ0) is 17.2. The first-order chi connectivity index (χ1) is 10.7. The Morgan fingerprint density at radius 2 is 1.70 bits per heavy atom. The van der Waals surface area contributed by atoms with E-state index in [9.17, 15) is 22.0 Å². The number of nitrogens with one attached hydrogen (secondary N) is 1. The second kappa shape index (κ2) is 6.61. The van der Waals surface area contributed by atoms with E-state index in [-0.39, 0.29) is 16.3 Å². The summed E-state index contributed by atoms with van der Waals surface area (Å²) in [6.45, 7) is 0. The molecule has 122 valence electrons. The second-order valence-electron chi connectivity index (χ2n) is 4.70. The van der Waals surface area contributed by atoms with E-state index in [4.69, 9.17) is 16.7 Å². The minimum atomic E-state index is -3.65. The number of nitrogens with two attached hydrogens (primary N) is 1. The molecule has 0 aliphatic rings. The Morgan fingerprint density at radius 1 is 1.13 bits per heavy atom. The molecule has 0 aliphatic carbocycles. The van der Waals surface area contributed by atoms with Crippen LogP contribution in [0.1, 0.15) is 15.9 Å². The van der Waals surface area contributed by atoms with Crippen molar-refractivity contribution in [2.24, 2.45) is 5.14 Å². The van der Waals surface area contributed by atoms with Gasteiger partial charge in [-0.05, 0) is 29.8 Å². The summed E-state index contributed by atoms with van der Waals surface area (Å²) < 4.78 is 48.1. The maximum absolute atomic E-state index is 13.2. The molecule has 0 unspecified atom stereocenters. The summed E-state index contributed by atoms with van der Waals surface area (Å²) in [4.78, 5) is 12.0. The summed E-state index contributed by atoms with van der Waals surface area (Å²) in [5, 5.41) is 7.14. The molecule has 0 saturated heterocycles. The van der Waals surface area contributed by atoms with Crippen LogP contribution in [0.5, 0.6) is 0 Å². The quantitative estimate of drug-likeness (QED) is 0.821. The Labute approximate surface area is 136 Å². The standard InChI is InChI=1S/C14H11ClF2N2O3S/c15-11-6-13(17)12(16)5-10(11)14(20)19-9-3-1-8(2-4-9)7-23(18,21)22/h1-6H,7H2,(H,19,20)(H2,18,21,22). The topological polar surface area (TPSA) is 89.3 Å². The monoisotopic (exact) mass is 360 g/mol. The molecule has 0 aliphatic heterocycles. The number of benzene rings is 2. The first-order valence-corrected chi connectivity index (χ1v) is 8.30. The minimum Gasteiger partial charge on any atom is -0.322 e. The highest BCUT2D eigenvalue weighted by Gasteiger charge is 2.15. The van der Waals surface area contributed by atoms with Gasteiger partial charge in [-0.3, -0.25) is 4.79 Å². The molecular formula is C14H11ClF2N2O3S. The lowest BCUT2D eigenvalue weighted by molar-refractivity contribution is 0.102. The van der Waals surface area contributed by atoms with Crippen LogP contribution in [0.4, 0.5) is 14.5 Å². The molecule has 0 fully saturated rings. The van der Waals surface area contributed by atoms with Gasteiger partial charge < -0.3 is 5.32 Å². The molecule has 2 aromatic rings. The number of hydrogen-bond donors (Lipinski definition) is 2. The predicted octanol–water partition coefficient (Wildman–Crippen LogP) is 2.66. The largest absolute Gasteiger partial charge is 0.322 e. The van der Waals surface area contributed by atoms with Crippen LogP contribution in [-0.2, 0) is 15.8 Å². The number of halogens is 3. The molecule has 2 rings (SSSR count). The van der Waals surface area contributed by atoms with Gasteiger partial charge in [0, 0.05) is 5.69 Å². The molecule has 23 heavy (non-hydrogen) atoms. The Bertz CT molecular complexity index is 855. The third kappa shape index (κ3) is 4.72. The van der Waals surface area contributed by atoms with E-state index in [1.54, 1.807) is 0 Å². The molecular weight excluding hydrogens is 350 g/mol. The third-order valence-electron chi connectivity index (χ3n) is 2.83. The van der Waals surface area contributed by atoms with Crippen molar-refractivity contribution in [3.05, 3.63) is 64.2 Å². The zero-order valence-electron chi connectivity index (χ0n) is 11.5. The van der Waals surface area contributed by atoms with Crippen LogP contribution in [0.2, 0.25) is 5.02 Å². The van der Waals surface area contributed by atoms with E-state index < -0.39 is 27.6 Å². The number of primary sulfonamides is 1. The van der Waals surface area contributed by atoms with E-state index in [0.29, 0.717) is 23.4 Å². The van der Waals surface area contributed by atoms with Gasteiger partial charge in [0.2, 0.25) is 10.0 Å². The number of anilines is 1. The van der Waals surface area contributed by atoms with Gasteiger partial charge in [0.15, 0.2) is 11.6 Å². The predicted molar refractivity (Wildman–Crippen MR) is 82.6 cm³/mol. The lowest BCUT2D eigenvalue weighted by Crippen LogP contribution is -2.15. The third-order valence-corrected chi connectivity index (χ3v) is 3.88. The fraction of sp³-hybridized carbons (Fsp3) is 0.0714. The fourth-order valence-electron chi connectivity index (χ4n) is 1.81. The lowest BCUT2D eigenvalue weighted by Gasteiger charge is -2.08. The summed E-state index contributed by atoms with van der Waals surface area (Å²) in [6, 6.07) is 7.24. The Morgan fingerprint density at radius 3 is 2.26 bits per heavy atom. The number of hydrogen-bond acceptors (Lipinski definition) is 3. The molecule has 0 saturated carbocycles. The van der Waals surface area contributed by atoms with Crippen molar-refractivity contribution in [2.45, 2.75) is 5.75 Å². The summed E-state index contributed by atoms with van der Waals surface area (Å²) in [7, 11) is -3.65. The van der Waals surface area contributed by atoms with Crippen LogP contribution in [0.3, 0.4) is 0 Å². The van der Waals surface area contributed by atoms with Gasteiger partial charge in [-0.15, -0.1) is 0 Å². The average Bonchev–Trinajstić information content (AvgIpc) is 2.43. The molecule has 0 atom stereocenters. The van der Waals surface area contributed by atoms with Crippen molar-refractivity contribution in [2.75, 3.05) is 5.32 Å². The van der Waals surface area contributed by atoms with Crippen molar-refractivity contribution in [1.82, 2.24) is 0 Å². The van der Waals surface area contributed by atoms with Gasteiger partial charge >= 0.3 is 0 Å². The lowest BCUT2D eigenvalue weighted by atomic mass is 10.2. The van der Waals surface area contributed by atoms with E-state index in [1.807, 2.05) is 0 Å². The summed E-state index contributed by atoms with van der Waals surface area (Å²) >= 11 is 5.71. The van der Waals surface area contributed by atoms with Gasteiger partial charge in [-0.25, -0.2) is 22.3 Å². The normalized spacial score (nSPS) is 11.3. The number of carbonyl (C=O) groups excluding carboxylic acids is 1. The highest BCUT2D eigenvalue weighted by Crippen LogP contribution is 2.21. The number of rotatable bonds is 4. The van der Waals surface area contributed by atoms with Gasteiger partial charge in [0.25, 0.3) is 5.91 Å². The number of sulfonamides is 1. The van der Waals surface area contributed by atoms with E-state index in [1.165, 1.54) is 24.3 Å². The van der Waals surface area contributed by atoms with Crippen molar-refractivity contribution in [3.63, 3.8) is 0 Å². The smallest absolute Gasteiger partial charge is 0.257 e. The second-order valence-corrected chi connectivity index (χ2v) is 6.73. The number of carbonyl (C=O) groups is 1. The molecule has 5 nitrogen and oxygen atoms in total. The summed E-state index contributed by atoms with van der Waals surface area (Å²) in [5.74, 6) is -3.41. The molecule has 1 amide bonds. The van der Waals surface area contributed by atoms with Crippen molar-refractivity contribution in [1.29, 1.82) is 0 Å². The molecule has 9 heteroatoms. The molecule has 0 spiro atoms. The maximum atomic E-state index is 13.2. The Kier molecular flexibility index (Phi) is 4.98. The van der Waals surface area contributed by atoms with Crippen LogP contribution in [0, 0.1) is 11.6 Å². The van der Waals surface area contributed by atoms with Crippen LogP contribution >= 0.6 is 11.6 Å². The molecule has 0 radical (unpaired) electrons. The highest BCUT2D eigenvalue weighted by atomic mass is 35.5. The van der Waals surface area contributed by atoms with Crippen molar-refractivity contribution >= 4 is 33.2 Å². The van der Waals surface area contributed by atoms with Crippen LogP contribution in [-0.4, -0.2) is 14.3 Å². The maximum Gasteiger partial charge on any atom is 0.257 e. The van der Waals surface area contributed by atoms with E-state index >= 15 is 0 Å². The molecule has 3 N–H and O–H groups in total. The summed E-state index contributed by atoms with van der Waals surface area (Å²) in [5.41, 5.74) is 0.546. The first kappa shape index (κ1) is 17.3. The number of amides is 1. The van der Waals surface area contributed by atoms with Crippen molar-refractivity contribution in [3.8, 4) is 0 Å². The van der Waals surface area contributed by atoms with Gasteiger partial charge in [-0.2, -0.15) is 0 Å². The Balaban J connectivity index is 2.16. The molecule has 2 aromatic carbocycles. The highest BCUT2D eigenvalue weighted by molar-refractivity contribution is 7.88. The van der Waals surface area contributed by atoms with Crippen LogP contribution < -0.4 is 10.5 Å². The minimum absolute atomic E-state index is 0.223. The first-order valence-electron chi connectivity index (χ1n) is 6.21. The molecule has 0 aromatic heterocycles. The van der Waals surface area contributed by atoms with Crippen molar-refractivity contribution < 1.29 is 22.0 Å². The summed E-state index contributed by atoms with van der Waals surface area (Å²) in [6.07, 6.45) is 0. The van der Waals surface area contributed by atoms with Gasteiger partial charge in [-0.1, -0.05) is 23.7 Å². The van der Waals surface area contributed by atoms with Crippen LogP contribution in [0.25, 0.3) is 0 Å². The molecule has 0 bridgehead atoms. The molecule has 0 heterocycles. The zero-order valence-corrected chi connectivity index (χ0v) is 13.1. The Hall–Kier alpha value is -2.03. The van der Waals surface area contributed by atoms with Crippen LogP contribution in [0.15, 0.2) is 36.4 Å². The van der Waals surface area contributed by atoms with E-state index in [0.717, 1.165) is 0 Å². The SMILES string of the molecule is NS(=O)(=O)Cc1ccc(NC(=O)c2cc(F)c(F)cc2Cl)cc1.